The fourth-order valence-electron chi connectivity index (χ4n) is 2.31. The predicted octanol–water partition coefficient (Wildman–Crippen LogP) is 3.34. The van der Waals surface area contributed by atoms with E-state index in [2.05, 4.69) is 49.2 Å². The Morgan fingerprint density at radius 1 is 1.15 bits per heavy atom. The van der Waals surface area contributed by atoms with Gasteiger partial charge < -0.3 is 15.4 Å². The fourth-order valence-corrected chi connectivity index (χ4v) is 2.31. The van der Waals surface area contributed by atoms with E-state index in [4.69, 9.17) is 10.5 Å². The Bertz CT molecular complexity index is 554. The highest BCUT2D eigenvalue weighted by Crippen LogP contribution is 2.24. The SMILES string of the molecule is COc1ccc(CC(C)N(C)c2ccccc2)cc1N. The van der Waals surface area contributed by atoms with Crippen molar-refractivity contribution >= 4 is 11.4 Å². The van der Waals surface area contributed by atoms with Gasteiger partial charge in [-0.2, -0.15) is 0 Å². The number of benzene rings is 2. The molecule has 0 aromatic heterocycles. The summed E-state index contributed by atoms with van der Waals surface area (Å²) in [5, 5.41) is 0. The van der Waals surface area contributed by atoms with Crippen LogP contribution in [0.3, 0.4) is 0 Å². The van der Waals surface area contributed by atoms with Gasteiger partial charge in [0.25, 0.3) is 0 Å². The predicted molar refractivity (Wildman–Crippen MR) is 85.4 cm³/mol. The first-order valence-electron chi connectivity index (χ1n) is 6.82. The third kappa shape index (κ3) is 3.23. The first-order valence-corrected chi connectivity index (χ1v) is 6.82. The molecule has 0 saturated heterocycles. The molecule has 1 unspecified atom stereocenters. The maximum Gasteiger partial charge on any atom is 0.141 e. The molecule has 2 rings (SSSR count). The number of rotatable bonds is 5. The van der Waals surface area contributed by atoms with Gasteiger partial charge in [0.1, 0.15) is 5.75 Å². The molecule has 0 aliphatic carbocycles. The van der Waals surface area contributed by atoms with Gasteiger partial charge in [-0.25, -0.2) is 0 Å². The average molecular weight is 270 g/mol. The highest BCUT2D eigenvalue weighted by molar-refractivity contribution is 5.54. The van der Waals surface area contributed by atoms with E-state index in [9.17, 15) is 0 Å². The van der Waals surface area contributed by atoms with Crippen LogP contribution in [0.25, 0.3) is 0 Å². The second-order valence-corrected chi connectivity index (χ2v) is 5.08. The topological polar surface area (TPSA) is 38.5 Å². The Hall–Kier alpha value is -2.16. The second kappa shape index (κ2) is 6.33. The molecule has 3 nitrogen and oxygen atoms in total. The second-order valence-electron chi connectivity index (χ2n) is 5.08. The van der Waals surface area contributed by atoms with E-state index in [0.717, 1.165) is 12.2 Å². The zero-order valence-corrected chi connectivity index (χ0v) is 12.3. The minimum absolute atomic E-state index is 0.394. The molecule has 2 aromatic carbocycles. The van der Waals surface area contributed by atoms with Gasteiger partial charge in [-0.1, -0.05) is 24.3 Å². The Kier molecular flexibility index (Phi) is 4.51. The summed E-state index contributed by atoms with van der Waals surface area (Å²) < 4.78 is 5.19. The van der Waals surface area contributed by atoms with Crippen LogP contribution < -0.4 is 15.4 Å². The van der Waals surface area contributed by atoms with Crippen molar-refractivity contribution in [2.45, 2.75) is 19.4 Å². The van der Waals surface area contributed by atoms with Crippen molar-refractivity contribution in [3.05, 3.63) is 54.1 Å². The van der Waals surface area contributed by atoms with Gasteiger partial charge in [0.05, 0.1) is 12.8 Å². The molecular formula is C17H22N2O. The molecule has 0 aliphatic heterocycles. The summed E-state index contributed by atoms with van der Waals surface area (Å²) in [5.74, 6) is 0.734. The summed E-state index contributed by atoms with van der Waals surface area (Å²) in [6.45, 7) is 2.22. The van der Waals surface area contributed by atoms with E-state index in [0.29, 0.717) is 11.7 Å². The van der Waals surface area contributed by atoms with Crippen LogP contribution in [-0.2, 0) is 6.42 Å². The summed E-state index contributed by atoms with van der Waals surface area (Å²) in [7, 11) is 3.75. The molecule has 0 saturated carbocycles. The lowest BCUT2D eigenvalue weighted by atomic mass is 10.0. The van der Waals surface area contributed by atoms with Crippen molar-refractivity contribution in [3.8, 4) is 5.75 Å². The third-order valence-corrected chi connectivity index (χ3v) is 3.65. The number of ether oxygens (including phenoxy) is 1. The van der Waals surface area contributed by atoms with Crippen LogP contribution in [-0.4, -0.2) is 20.2 Å². The lowest BCUT2D eigenvalue weighted by Crippen LogP contribution is -2.30. The van der Waals surface area contributed by atoms with Gasteiger partial charge in [-0.05, 0) is 43.2 Å². The number of nitrogens with two attached hydrogens (primary N) is 1. The largest absolute Gasteiger partial charge is 0.495 e. The van der Waals surface area contributed by atoms with Crippen LogP contribution in [0.2, 0.25) is 0 Å². The summed E-state index contributed by atoms with van der Waals surface area (Å²) in [4.78, 5) is 2.28. The Morgan fingerprint density at radius 2 is 1.85 bits per heavy atom. The molecule has 1 atom stereocenters. The highest BCUT2D eigenvalue weighted by atomic mass is 16.5. The maximum atomic E-state index is 5.96. The van der Waals surface area contributed by atoms with Crippen molar-refractivity contribution < 1.29 is 4.74 Å². The third-order valence-electron chi connectivity index (χ3n) is 3.65. The standard InChI is InChI=1S/C17H22N2O/c1-13(19(2)15-7-5-4-6-8-15)11-14-9-10-17(20-3)16(18)12-14/h4-10,12-13H,11,18H2,1-3H3. The van der Waals surface area contributed by atoms with Gasteiger partial charge in [0, 0.05) is 18.8 Å². The van der Waals surface area contributed by atoms with E-state index in [1.165, 1.54) is 11.3 Å². The summed E-state index contributed by atoms with van der Waals surface area (Å²) in [5.41, 5.74) is 9.09. The monoisotopic (exact) mass is 270 g/mol. The molecule has 0 radical (unpaired) electrons. The molecule has 3 heteroatoms. The zero-order chi connectivity index (χ0) is 14.5. The van der Waals surface area contributed by atoms with Crippen LogP contribution in [0, 0.1) is 0 Å². The maximum absolute atomic E-state index is 5.96. The number of para-hydroxylation sites is 1. The van der Waals surface area contributed by atoms with Crippen LogP contribution in [0.1, 0.15) is 12.5 Å². The quantitative estimate of drug-likeness (QED) is 0.847. The zero-order valence-electron chi connectivity index (χ0n) is 12.3. The Balaban J connectivity index is 2.08. The van der Waals surface area contributed by atoms with E-state index in [-0.39, 0.29) is 0 Å². The molecule has 0 amide bonds. The number of methoxy groups -OCH3 is 1. The average Bonchev–Trinajstić information content (AvgIpc) is 2.47. The first-order chi connectivity index (χ1) is 9.61. The van der Waals surface area contributed by atoms with Crippen LogP contribution in [0.5, 0.6) is 5.75 Å². The molecule has 106 valence electrons. The minimum Gasteiger partial charge on any atom is -0.495 e. The number of hydrogen-bond acceptors (Lipinski definition) is 3. The van der Waals surface area contributed by atoms with Crippen LogP contribution in [0.4, 0.5) is 11.4 Å². The first kappa shape index (κ1) is 14.3. The van der Waals surface area contributed by atoms with Crippen molar-refractivity contribution in [1.29, 1.82) is 0 Å². The minimum atomic E-state index is 0.394. The van der Waals surface area contributed by atoms with Gasteiger partial charge >= 0.3 is 0 Å². The van der Waals surface area contributed by atoms with Gasteiger partial charge in [-0.3, -0.25) is 0 Å². The van der Waals surface area contributed by atoms with Crippen molar-refractivity contribution in [2.75, 3.05) is 24.8 Å². The van der Waals surface area contributed by atoms with Gasteiger partial charge in [0.15, 0.2) is 0 Å². The lowest BCUT2D eigenvalue weighted by molar-refractivity contribution is 0.417. The number of nitrogen functional groups attached to an aromatic ring is 1. The van der Waals surface area contributed by atoms with Crippen molar-refractivity contribution in [3.63, 3.8) is 0 Å². The fraction of sp³-hybridized carbons (Fsp3) is 0.294. The normalized spacial score (nSPS) is 11.9. The molecular weight excluding hydrogens is 248 g/mol. The van der Waals surface area contributed by atoms with E-state index in [1.807, 2.05) is 18.2 Å². The number of hydrogen-bond donors (Lipinski definition) is 1. The summed E-state index contributed by atoms with van der Waals surface area (Å²) >= 11 is 0. The Labute approximate surface area is 121 Å². The number of likely N-dealkylation sites (N-methyl/N-ethyl adjacent to an activating group) is 1. The smallest absolute Gasteiger partial charge is 0.141 e. The van der Waals surface area contributed by atoms with Crippen LogP contribution >= 0.6 is 0 Å². The number of nitrogens with zero attached hydrogens (tertiary/aromatic N) is 1. The summed E-state index contributed by atoms with van der Waals surface area (Å²) in [6, 6.07) is 16.8. The van der Waals surface area contributed by atoms with E-state index < -0.39 is 0 Å². The highest BCUT2D eigenvalue weighted by Gasteiger charge is 2.11. The molecule has 20 heavy (non-hydrogen) atoms. The van der Waals surface area contributed by atoms with Crippen LogP contribution in [0.15, 0.2) is 48.5 Å². The molecule has 2 N–H and O–H groups in total. The molecule has 0 spiro atoms. The molecule has 2 aromatic rings. The van der Waals surface area contributed by atoms with Gasteiger partial charge in [0.2, 0.25) is 0 Å². The number of anilines is 2. The molecule has 0 aliphatic rings. The Morgan fingerprint density at radius 3 is 2.45 bits per heavy atom. The molecule has 0 bridgehead atoms. The van der Waals surface area contributed by atoms with Crippen molar-refractivity contribution in [2.24, 2.45) is 0 Å². The lowest BCUT2D eigenvalue weighted by Gasteiger charge is -2.27. The molecule has 0 heterocycles. The van der Waals surface area contributed by atoms with Crippen molar-refractivity contribution in [1.82, 2.24) is 0 Å². The van der Waals surface area contributed by atoms with E-state index in [1.54, 1.807) is 7.11 Å². The van der Waals surface area contributed by atoms with Gasteiger partial charge in [-0.15, -0.1) is 0 Å². The summed E-state index contributed by atoms with van der Waals surface area (Å²) in [6.07, 6.45) is 0.944. The molecule has 0 fully saturated rings. The van der Waals surface area contributed by atoms with E-state index >= 15 is 0 Å².